The highest BCUT2D eigenvalue weighted by atomic mass is 32.2. The fourth-order valence-corrected chi connectivity index (χ4v) is 4.01. The molecule has 8 heteroatoms. The van der Waals surface area contributed by atoms with Gasteiger partial charge >= 0.3 is 0 Å². The van der Waals surface area contributed by atoms with Gasteiger partial charge in [0.05, 0.1) is 0 Å². The highest BCUT2D eigenvalue weighted by Crippen LogP contribution is 2.24. The van der Waals surface area contributed by atoms with Gasteiger partial charge in [-0.25, -0.2) is 8.42 Å². The molecule has 2 rings (SSSR count). The van der Waals surface area contributed by atoms with Crippen molar-refractivity contribution in [2.24, 2.45) is 0 Å². The van der Waals surface area contributed by atoms with Gasteiger partial charge < -0.3 is 5.32 Å². The number of thiophene rings is 1. The zero-order valence-corrected chi connectivity index (χ0v) is 14.7. The number of hydrogen-bond donors (Lipinski definition) is 2. The van der Waals surface area contributed by atoms with Gasteiger partial charge in [-0.2, -0.15) is 0 Å². The molecule has 0 spiro atoms. The molecule has 2 heterocycles. The van der Waals surface area contributed by atoms with Gasteiger partial charge in [-0.05, 0) is 51.5 Å². The SMILES string of the molecule is CCc1ccc(S(=O)(=O)Nc2ccc(NC(C)(C)C)nn2)s1. The Morgan fingerprint density at radius 2 is 1.73 bits per heavy atom. The van der Waals surface area contributed by atoms with Crippen LogP contribution < -0.4 is 10.0 Å². The van der Waals surface area contributed by atoms with Crippen LogP contribution in [-0.4, -0.2) is 24.2 Å². The number of nitrogens with one attached hydrogen (secondary N) is 2. The van der Waals surface area contributed by atoms with Crippen molar-refractivity contribution < 1.29 is 8.42 Å². The normalized spacial score (nSPS) is 12.2. The van der Waals surface area contributed by atoms with Crippen LogP contribution in [-0.2, 0) is 16.4 Å². The summed E-state index contributed by atoms with van der Waals surface area (Å²) in [7, 11) is -3.60. The molecule has 0 saturated heterocycles. The van der Waals surface area contributed by atoms with Crippen LogP contribution in [0.25, 0.3) is 0 Å². The van der Waals surface area contributed by atoms with Crippen LogP contribution in [0, 0.1) is 0 Å². The second kappa shape index (κ2) is 6.21. The largest absolute Gasteiger partial charge is 0.364 e. The van der Waals surface area contributed by atoms with Crippen LogP contribution in [0.4, 0.5) is 11.6 Å². The van der Waals surface area contributed by atoms with Gasteiger partial charge in [0.1, 0.15) is 10.0 Å². The fourth-order valence-electron chi connectivity index (χ4n) is 1.72. The molecule has 0 atom stereocenters. The molecule has 0 unspecified atom stereocenters. The second-order valence-corrected chi connectivity index (χ2v) is 8.94. The molecule has 0 aromatic carbocycles. The lowest BCUT2D eigenvalue weighted by Gasteiger charge is -2.20. The molecule has 2 aromatic rings. The summed E-state index contributed by atoms with van der Waals surface area (Å²) in [5.41, 5.74) is -0.136. The van der Waals surface area contributed by atoms with Crippen molar-refractivity contribution >= 4 is 33.0 Å². The maximum absolute atomic E-state index is 12.3. The lowest BCUT2D eigenvalue weighted by Crippen LogP contribution is -2.26. The van der Waals surface area contributed by atoms with Gasteiger partial charge in [-0.15, -0.1) is 21.5 Å². The maximum atomic E-state index is 12.3. The number of rotatable bonds is 5. The number of aromatic nitrogens is 2. The van der Waals surface area contributed by atoms with Gasteiger partial charge in [-0.1, -0.05) is 6.92 Å². The number of anilines is 2. The Bertz CT molecular complexity index is 731. The molecule has 2 aromatic heterocycles. The summed E-state index contributed by atoms with van der Waals surface area (Å²) >= 11 is 1.26. The quantitative estimate of drug-likeness (QED) is 0.874. The highest BCUT2D eigenvalue weighted by molar-refractivity contribution is 7.94. The first-order valence-electron chi connectivity index (χ1n) is 6.93. The summed E-state index contributed by atoms with van der Waals surface area (Å²) in [6, 6.07) is 6.71. The monoisotopic (exact) mass is 340 g/mol. The van der Waals surface area contributed by atoms with Crippen molar-refractivity contribution in [3.8, 4) is 0 Å². The van der Waals surface area contributed by atoms with Gasteiger partial charge in [0, 0.05) is 10.4 Å². The first-order chi connectivity index (χ1) is 10.2. The number of nitrogens with zero attached hydrogens (tertiary/aromatic N) is 2. The summed E-state index contributed by atoms with van der Waals surface area (Å²) in [5, 5.41) is 11.0. The van der Waals surface area contributed by atoms with Crippen molar-refractivity contribution in [3.05, 3.63) is 29.1 Å². The molecule has 6 nitrogen and oxygen atoms in total. The second-order valence-electron chi connectivity index (χ2n) is 5.86. The molecular weight excluding hydrogens is 320 g/mol. The highest BCUT2D eigenvalue weighted by Gasteiger charge is 2.18. The summed E-state index contributed by atoms with van der Waals surface area (Å²) in [4.78, 5) is 1.02. The lowest BCUT2D eigenvalue weighted by molar-refractivity contribution is 0.602. The molecule has 0 aliphatic carbocycles. The summed E-state index contributed by atoms with van der Waals surface area (Å²) in [6.45, 7) is 8.01. The van der Waals surface area contributed by atoms with Gasteiger partial charge in [0.15, 0.2) is 5.82 Å². The average molecular weight is 340 g/mol. The van der Waals surface area contributed by atoms with Crippen molar-refractivity contribution in [1.29, 1.82) is 0 Å². The predicted octanol–water partition coefficient (Wildman–Crippen LogP) is 3.11. The molecule has 0 saturated carbocycles. The Kier molecular flexibility index (Phi) is 4.72. The van der Waals surface area contributed by atoms with Gasteiger partial charge in [0.2, 0.25) is 0 Å². The van der Waals surface area contributed by atoms with Crippen molar-refractivity contribution in [2.75, 3.05) is 10.0 Å². The van der Waals surface area contributed by atoms with E-state index in [-0.39, 0.29) is 15.6 Å². The van der Waals surface area contributed by atoms with E-state index < -0.39 is 10.0 Å². The molecular formula is C14H20N4O2S2. The average Bonchev–Trinajstić information content (AvgIpc) is 2.89. The zero-order valence-electron chi connectivity index (χ0n) is 13.0. The van der Waals surface area contributed by atoms with Crippen LogP contribution >= 0.6 is 11.3 Å². The molecule has 0 fully saturated rings. The number of hydrogen-bond acceptors (Lipinski definition) is 6. The minimum Gasteiger partial charge on any atom is -0.364 e. The van der Waals surface area contributed by atoms with E-state index in [0.717, 1.165) is 11.3 Å². The molecule has 0 aliphatic rings. The van der Waals surface area contributed by atoms with E-state index >= 15 is 0 Å². The third-order valence-corrected chi connectivity index (χ3v) is 5.73. The molecule has 2 N–H and O–H groups in total. The van der Waals surface area contributed by atoms with Gasteiger partial charge in [-0.3, -0.25) is 4.72 Å². The number of sulfonamides is 1. The molecule has 0 amide bonds. The predicted molar refractivity (Wildman–Crippen MR) is 89.9 cm³/mol. The van der Waals surface area contributed by atoms with E-state index in [9.17, 15) is 8.42 Å². The van der Waals surface area contributed by atoms with E-state index in [0.29, 0.717) is 5.82 Å². The lowest BCUT2D eigenvalue weighted by atomic mass is 10.1. The van der Waals surface area contributed by atoms with Gasteiger partial charge in [0.25, 0.3) is 10.0 Å². The smallest absolute Gasteiger partial charge is 0.272 e. The number of aryl methyl sites for hydroxylation is 1. The molecule has 0 radical (unpaired) electrons. The fraction of sp³-hybridized carbons (Fsp3) is 0.429. The van der Waals surface area contributed by atoms with E-state index in [2.05, 4.69) is 20.2 Å². The van der Waals surface area contributed by atoms with Crippen molar-refractivity contribution in [3.63, 3.8) is 0 Å². The first-order valence-corrected chi connectivity index (χ1v) is 9.23. The van der Waals surface area contributed by atoms with Crippen LogP contribution in [0.3, 0.4) is 0 Å². The standard InChI is InChI=1S/C14H20N4O2S2/c1-5-10-6-9-13(21-10)22(19,20)18-12-8-7-11(16-17-12)15-14(2,3)4/h6-9H,5H2,1-4H3,(H,15,16)(H,17,18). The molecule has 0 aliphatic heterocycles. The first kappa shape index (κ1) is 16.7. The van der Waals surface area contributed by atoms with E-state index in [1.165, 1.54) is 11.3 Å². The third kappa shape index (κ3) is 4.41. The van der Waals surface area contributed by atoms with Crippen LogP contribution in [0.1, 0.15) is 32.6 Å². The van der Waals surface area contributed by atoms with Crippen LogP contribution in [0.15, 0.2) is 28.5 Å². The Balaban J connectivity index is 2.13. The molecule has 0 bridgehead atoms. The summed E-state index contributed by atoms with van der Waals surface area (Å²) in [6.07, 6.45) is 0.813. The van der Waals surface area contributed by atoms with Crippen LogP contribution in [0.2, 0.25) is 0 Å². The topological polar surface area (TPSA) is 84.0 Å². The zero-order chi connectivity index (χ0) is 16.4. The van der Waals surface area contributed by atoms with E-state index in [1.54, 1.807) is 18.2 Å². The van der Waals surface area contributed by atoms with Crippen molar-refractivity contribution in [1.82, 2.24) is 10.2 Å². The van der Waals surface area contributed by atoms with Crippen molar-refractivity contribution in [2.45, 2.75) is 43.9 Å². The Labute approximate surface area is 135 Å². The molecule has 120 valence electrons. The Hall–Kier alpha value is -1.67. The molecule has 22 heavy (non-hydrogen) atoms. The summed E-state index contributed by atoms with van der Waals surface area (Å²) in [5.74, 6) is 0.797. The van der Waals surface area contributed by atoms with E-state index in [4.69, 9.17) is 0 Å². The minimum atomic E-state index is -3.60. The minimum absolute atomic E-state index is 0.136. The van der Waals surface area contributed by atoms with Crippen LogP contribution in [0.5, 0.6) is 0 Å². The Morgan fingerprint density at radius 3 is 2.23 bits per heavy atom. The maximum Gasteiger partial charge on any atom is 0.272 e. The third-order valence-electron chi connectivity index (χ3n) is 2.66. The summed E-state index contributed by atoms with van der Waals surface area (Å²) < 4.78 is 27.2. The Morgan fingerprint density at radius 1 is 1.09 bits per heavy atom. The van der Waals surface area contributed by atoms with E-state index in [1.807, 2.05) is 33.8 Å².